The number of hydrogen-bond donors (Lipinski definition) is 1. The van der Waals surface area contributed by atoms with Crippen LogP contribution in [0.2, 0.25) is 0 Å². The predicted molar refractivity (Wildman–Crippen MR) is 77.0 cm³/mol. The lowest BCUT2D eigenvalue weighted by Gasteiger charge is -2.07. The Morgan fingerprint density at radius 1 is 1.38 bits per heavy atom. The van der Waals surface area contributed by atoms with Crippen molar-refractivity contribution >= 4 is 10.0 Å². The highest BCUT2D eigenvalue weighted by molar-refractivity contribution is 7.89. The first kappa shape index (κ1) is 15.6. The molecule has 21 heavy (non-hydrogen) atoms. The van der Waals surface area contributed by atoms with Crippen molar-refractivity contribution in [1.29, 1.82) is 0 Å². The third kappa shape index (κ3) is 3.46. The quantitative estimate of drug-likeness (QED) is 0.859. The lowest BCUT2D eigenvalue weighted by atomic mass is 10.3. The van der Waals surface area contributed by atoms with Crippen molar-refractivity contribution < 1.29 is 13.2 Å². The van der Waals surface area contributed by atoms with Gasteiger partial charge in [-0.1, -0.05) is 6.07 Å². The second kappa shape index (κ2) is 6.33. The van der Waals surface area contributed by atoms with Gasteiger partial charge in [-0.3, -0.25) is 4.98 Å². The number of nitrogens with one attached hydrogen (secondary N) is 1. The maximum Gasteiger partial charge on any atom is 0.244 e. The van der Waals surface area contributed by atoms with Gasteiger partial charge in [0.15, 0.2) is 0 Å². The van der Waals surface area contributed by atoms with Crippen LogP contribution in [0.1, 0.15) is 17.0 Å². The first-order chi connectivity index (χ1) is 9.95. The van der Waals surface area contributed by atoms with Crippen LogP contribution < -0.4 is 4.72 Å². The normalized spacial score (nSPS) is 11.8. The molecule has 8 heteroatoms. The minimum atomic E-state index is -3.63. The molecule has 0 aliphatic rings. The predicted octanol–water partition coefficient (Wildman–Crippen LogP) is 0.977. The van der Waals surface area contributed by atoms with Crippen LogP contribution in [0.5, 0.6) is 0 Å². The topological polar surface area (TPSA) is 86.1 Å². The Hall–Kier alpha value is -1.77. The van der Waals surface area contributed by atoms with E-state index in [9.17, 15) is 8.42 Å². The molecule has 114 valence electrons. The molecule has 1 N–H and O–H groups in total. The molecule has 2 rings (SSSR count). The van der Waals surface area contributed by atoms with Gasteiger partial charge in [0.2, 0.25) is 10.0 Å². The Morgan fingerprint density at radius 3 is 2.76 bits per heavy atom. The maximum atomic E-state index is 12.4. The minimum Gasteiger partial charge on any atom is -0.362 e. The summed E-state index contributed by atoms with van der Waals surface area (Å²) in [4.78, 5) is 4.15. The van der Waals surface area contributed by atoms with Crippen LogP contribution in [0, 0.1) is 13.8 Å². The van der Waals surface area contributed by atoms with E-state index in [-0.39, 0.29) is 18.2 Å². The molecule has 2 heterocycles. The van der Waals surface area contributed by atoms with Gasteiger partial charge in [0.25, 0.3) is 0 Å². The number of nitrogens with zero attached hydrogens (tertiary/aromatic N) is 3. The molecule has 0 aromatic carbocycles. The smallest absolute Gasteiger partial charge is 0.244 e. The van der Waals surface area contributed by atoms with Gasteiger partial charge in [0, 0.05) is 26.0 Å². The largest absolute Gasteiger partial charge is 0.362 e. The number of methoxy groups -OCH3 is 1. The first-order valence-electron chi connectivity index (χ1n) is 6.37. The summed E-state index contributed by atoms with van der Waals surface area (Å²) in [7, 11) is -2.10. The summed E-state index contributed by atoms with van der Waals surface area (Å²) < 4.78 is 34.0. The highest BCUT2D eigenvalue weighted by Gasteiger charge is 2.24. The highest BCUT2D eigenvalue weighted by atomic mass is 32.2. The van der Waals surface area contributed by atoms with E-state index < -0.39 is 10.0 Å². The molecule has 0 bridgehead atoms. The van der Waals surface area contributed by atoms with Crippen LogP contribution in [0.3, 0.4) is 0 Å². The van der Waals surface area contributed by atoms with Crippen LogP contribution in [-0.2, 0) is 28.0 Å². The fourth-order valence-electron chi connectivity index (χ4n) is 2.07. The number of rotatable bonds is 6. The molecule has 2 aromatic heterocycles. The average molecular weight is 310 g/mol. The number of hydrogen-bond acceptors (Lipinski definition) is 5. The Kier molecular flexibility index (Phi) is 4.71. The fourth-order valence-corrected chi connectivity index (χ4v) is 3.50. The molecular formula is C13H18N4O3S. The van der Waals surface area contributed by atoms with Gasteiger partial charge in [-0.2, -0.15) is 5.10 Å². The number of ether oxygens (including phenoxy) is 1. The van der Waals surface area contributed by atoms with Gasteiger partial charge >= 0.3 is 0 Å². The molecule has 7 nitrogen and oxygen atoms in total. The van der Waals surface area contributed by atoms with Gasteiger partial charge in [-0.15, -0.1) is 0 Å². The molecular weight excluding hydrogens is 292 g/mol. The van der Waals surface area contributed by atoms with E-state index in [0.717, 1.165) is 5.56 Å². The number of pyridine rings is 1. The molecule has 2 aromatic rings. The van der Waals surface area contributed by atoms with Crippen molar-refractivity contribution in [2.75, 3.05) is 7.11 Å². The van der Waals surface area contributed by atoms with Gasteiger partial charge in [0.1, 0.15) is 11.6 Å². The van der Waals surface area contributed by atoms with Crippen LogP contribution >= 0.6 is 0 Å². The maximum absolute atomic E-state index is 12.4. The van der Waals surface area contributed by atoms with E-state index in [2.05, 4.69) is 14.8 Å². The molecule has 0 saturated carbocycles. The zero-order valence-corrected chi connectivity index (χ0v) is 13.0. The third-order valence-corrected chi connectivity index (χ3v) is 4.68. The van der Waals surface area contributed by atoms with E-state index in [4.69, 9.17) is 4.74 Å². The molecule has 0 saturated heterocycles. The van der Waals surface area contributed by atoms with Crippen molar-refractivity contribution in [3.8, 4) is 0 Å². The molecule has 0 aliphatic carbocycles. The van der Waals surface area contributed by atoms with E-state index in [1.54, 1.807) is 32.3 Å². The van der Waals surface area contributed by atoms with Gasteiger partial charge in [0.05, 0.1) is 11.4 Å². The number of aryl methyl sites for hydroxylation is 1. The molecule has 0 aliphatic heterocycles. The summed E-state index contributed by atoms with van der Waals surface area (Å²) in [5, 5.41) is 4.18. The average Bonchev–Trinajstić information content (AvgIpc) is 2.73. The van der Waals surface area contributed by atoms with Crippen LogP contribution in [0.15, 0.2) is 29.4 Å². The van der Waals surface area contributed by atoms with Crippen molar-refractivity contribution in [3.05, 3.63) is 41.5 Å². The van der Waals surface area contributed by atoms with Crippen molar-refractivity contribution in [3.63, 3.8) is 0 Å². The summed E-state index contributed by atoms with van der Waals surface area (Å²) in [6.45, 7) is 3.77. The second-order valence-electron chi connectivity index (χ2n) is 4.60. The van der Waals surface area contributed by atoms with E-state index in [0.29, 0.717) is 11.4 Å². The van der Waals surface area contributed by atoms with Crippen molar-refractivity contribution in [2.24, 2.45) is 0 Å². The molecule has 0 atom stereocenters. The Morgan fingerprint density at radius 2 is 2.14 bits per heavy atom. The summed E-state index contributed by atoms with van der Waals surface area (Å²) in [5.41, 5.74) is 1.79. The Bertz CT molecular complexity index is 711. The minimum absolute atomic E-state index is 0.185. The Balaban J connectivity index is 2.24. The summed E-state index contributed by atoms with van der Waals surface area (Å²) in [5.74, 6) is 0. The zero-order valence-electron chi connectivity index (χ0n) is 12.2. The SMILES string of the molecule is COCn1nc(C)c(S(=O)(=O)NCc2cccnc2)c1C. The molecule has 0 radical (unpaired) electrons. The van der Waals surface area contributed by atoms with E-state index in [1.807, 2.05) is 6.07 Å². The van der Waals surface area contributed by atoms with E-state index in [1.165, 1.54) is 11.8 Å². The lowest BCUT2D eigenvalue weighted by molar-refractivity contribution is 0.118. The fraction of sp³-hybridized carbons (Fsp3) is 0.385. The standard InChI is InChI=1S/C13H18N4O3S/c1-10-13(11(2)17(16-10)9-20-3)21(18,19)15-8-12-5-4-6-14-7-12/h4-7,15H,8-9H2,1-3H3. The number of sulfonamides is 1. The highest BCUT2D eigenvalue weighted by Crippen LogP contribution is 2.19. The third-order valence-electron chi connectivity index (χ3n) is 3.02. The summed E-state index contributed by atoms with van der Waals surface area (Å²) in [6, 6.07) is 3.57. The van der Waals surface area contributed by atoms with Crippen molar-refractivity contribution in [1.82, 2.24) is 19.5 Å². The van der Waals surface area contributed by atoms with Gasteiger partial charge < -0.3 is 4.74 Å². The van der Waals surface area contributed by atoms with Gasteiger partial charge in [-0.05, 0) is 25.5 Å². The molecule has 0 spiro atoms. The molecule has 0 fully saturated rings. The van der Waals surface area contributed by atoms with Crippen LogP contribution in [0.25, 0.3) is 0 Å². The Labute approximate surface area is 124 Å². The molecule has 0 amide bonds. The lowest BCUT2D eigenvalue weighted by Crippen LogP contribution is -2.24. The van der Waals surface area contributed by atoms with E-state index >= 15 is 0 Å². The number of aromatic nitrogens is 3. The monoisotopic (exact) mass is 310 g/mol. The van der Waals surface area contributed by atoms with Gasteiger partial charge in [-0.25, -0.2) is 17.8 Å². The van der Waals surface area contributed by atoms with Crippen molar-refractivity contribution in [2.45, 2.75) is 32.0 Å². The first-order valence-corrected chi connectivity index (χ1v) is 7.85. The molecule has 0 unspecified atom stereocenters. The summed E-state index contributed by atoms with van der Waals surface area (Å²) in [6.07, 6.45) is 3.26. The second-order valence-corrected chi connectivity index (χ2v) is 6.31. The zero-order chi connectivity index (χ0) is 15.5. The summed E-state index contributed by atoms with van der Waals surface area (Å²) >= 11 is 0. The van der Waals surface area contributed by atoms with Crippen LogP contribution in [-0.4, -0.2) is 30.3 Å². The van der Waals surface area contributed by atoms with Crippen LogP contribution in [0.4, 0.5) is 0 Å².